The van der Waals surface area contributed by atoms with E-state index in [1.807, 2.05) is 63.2 Å². The van der Waals surface area contributed by atoms with Crippen LogP contribution >= 0.6 is 0 Å². The number of aryl methyl sites for hydroxylation is 3. The molecule has 26 heavy (non-hydrogen) atoms. The zero-order valence-electron chi connectivity index (χ0n) is 15.2. The zero-order valence-corrected chi connectivity index (χ0v) is 15.2. The first-order valence-electron chi connectivity index (χ1n) is 8.57. The number of benzene rings is 2. The number of nitrogens with one attached hydrogen (secondary N) is 1. The lowest BCUT2D eigenvalue weighted by molar-refractivity contribution is 0.102. The van der Waals surface area contributed by atoms with Crippen molar-refractivity contribution in [2.75, 3.05) is 5.32 Å². The number of pyridine rings is 1. The molecule has 1 amide bonds. The molecule has 0 bridgehead atoms. The molecule has 4 nitrogen and oxygen atoms in total. The van der Waals surface area contributed by atoms with Crippen molar-refractivity contribution in [1.82, 2.24) is 4.57 Å². The highest BCUT2D eigenvalue weighted by Gasteiger charge is 2.13. The minimum absolute atomic E-state index is 0.139. The lowest BCUT2D eigenvalue weighted by Crippen LogP contribution is -2.29. The van der Waals surface area contributed by atoms with Gasteiger partial charge in [0.2, 0.25) is 0 Å². The van der Waals surface area contributed by atoms with Crippen LogP contribution in [0, 0.1) is 20.8 Å². The summed E-state index contributed by atoms with van der Waals surface area (Å²) >= 11 is 0. The van der Waals surface area contributed by atoms with Gasteiger partial charge < -0.3 is 9.88 Å². The van der Waals surface area contributed by atoms with Crippen LogP contribution in [0.1, 0.15) is 32.6 Å². The molecule has 0 unspecified atom stereocenters. The molecule has 0 aliphatic carbocycles. The van der Waals surface area contributed by atoms with Crippen LogP contribution in [0.2, 0.25) is 0 Å². The summed E-state index contributed by atoms with van der Waals surface area (Å²) in [5, 5.41) is 2.84. The van der Waals surface area contributed by atoms with Gasteiger partial charge in [0, 0.05) is 11.9 Å². The van der Waals surface area contributed by atoms with Gasteiger partial charge in [-0.15, -0.1) is 0 Å². The van der Waals surface area contributed by atoms with Crippen molar-refractivity contribution in [3.63, 3.8) is 0 Å². The second-order valence-corrected chi connectivity index (χ2v) is 6.61. The molecule has 132 valence electrons. The minimum Gasteiger partial charge on any atom is -0.322 e. The highest BCUT2D eigenvalue weighted by Crippen LogP contribution is 2.16. The molecule has 0 atom stereocenters. The number of hydrogen-bond donors (Lipinski definition) is 1. The molecule has 0 aliphatic rings. The summed E-state index contributed by atoms with van der Waals surface area (Å²) in [7, 11) is 0. The van der Waals surface area contributed by atoms with Gasteiger partial charge in [-0.1, -0.05) is 47.5 Å². The van der Waals surface area contributed by atoms with Crippen LogP contribution in [0.3, 0.4) is 0 Å². The van der Waals surface area contributed by atoms with Crippen molar-refractivity contribution >= 4 is 11.6 Å². The molecule has 3 aromatic rings. The third-order valence-corrected chi connectivity index (χ3v) is 4.37. The molecule has 2 aromatic carbocycles. The van der Waals surface area contributed by atoms with Crippen LogP contribution in [0.15, 0.2) is 65.6 Å². The van der Waals surface area contributed by atoms with Crippen molar-refractivity contribution < 1.29 is 4.79 Å². The molecule has 0 saturated heterocycles. The smallest absolute Gasteiger partial charge is 0.263 e. The predicted molar refractivity (Wildman–Crippen MR) is 105 cm³/mol. The summed E-state index contributed by atoms with van der Waals surface area (Å²) in [5.41, 5.74) is 4.84. The van der Waals surface area contributed by atoms with Gasteiger partial charge in [-0.25, -0.2) is 0 Å². The molecule has 0 fully saturated rings. The van der Waals surface area contributed by atoms with Crippen LogP contribution in [-0.4, -0.2) is 10.5 Å². The summed E-state index contributed by atoms with van der Waals surface area (Å²) in [5.74, 6) is -0.389. The maximum Gasteiger partial charge on any atom is 0.263 e. The first kappa shape index (κ1) is 17.7. The van der Waals surface area contributed by atoms with Gasteiger partial charge in [-0.2, -0.15) is 0 Å². The average molecular weight is 346 g/mol. The first-order chi connectivity index (χ1) is 12.4. The van der Waals surface area contributed by atoms with Crippen molar-refractivity contribution in [2.24, 2.45) is 0 Å². The Morgan fingerprint density at radius 2 is 1.65 bits per heavy atom. The number of hydrogen-bond acceptors (Lipinski definition) is 2. The van der Waals surface area contributed by atoms with Crippen LogP contribution < -0.4 is 10.9 Å². The molecule has 0 saturated carbocycles. The van der Waals surface area contributed by atoms with E-state index in [0.29, 0.717) is 12.2 Å². The van der Waals surface area contributed by atoms with Gasteiger partial charge in [-0.05, 0) is 50.1 Å². The molecular formula is C22H22N2O2. The monoisotopic (exact) mass is 346 g/mol. The number of carbonyl (C=O) groups is 1. The van der Waals surface area contributed by atoms with Crippen LogP contribution in [-0.2, 0) is 6.54 Å². The van der Waals surface area contributed by atoms with E-state index in [4.69, 9.17) is 0 Å². The fourth-order valence-corrected chi connectivity index (χ4v) is 2.87. The number of anilines is 1. The molecule has 3 rings (SSSR count). The number of rotatable bonds is 4. The van der Waals surface area contributed by atoms with Gasteiger partial charge in [0.15, 0.2) is 0 Å². The van der Waals surface area contributed by atoms with Crippen LogP contribution in [0.25, 0.3) is 0 Å². The average Bonchev–Trinajstić information content (AvgIpc) is 2.61. The van der Waals surface area contributed by atoms with E-state index in [-0.39, 0.29) is 17.0 Å². The van der Waals surface area contributed by atoms with Gasteiger partial charge in [-0.3, -0.25) is 9.59 Å². The highest BCUT2D eigenvalue weighted by molar-refractivity contribution is 6.04. The van der Waals surface area contributed by atoms with E-state index in [1.54, 1.807) is 22.9 Å². The van der Waals surface area contributed by atoms with Gasteiger partial charge in [0.25, 0.3) is 11.5 Å². The largest absolute Gasteiger partial charge is 0.322 e. The normalized spacial score (nSPS) is 10.6. The first-order valence-corrected chi connectivity index (χ1v) is 8.57. The van der Waals surface area contributed by atoms with E-state index in [0.717, 1.165) is 16.7 Å². The van der Waals surface area contributed by atoms with Gasteiger partial charge in [0.1, 0.15) is 5.56 Å². The Morgan fingerprint density at radius 1 is 0.962 bits per heavy atom. The molecule has 1 heterocycles. The van der Waals surface area contributed by atoms with E-state index in [9.17, 15) is 9.59 Å². The van der Waals surface area contributed by atoms with Crippen molar-refractivity contribution in [1.29, 1.82) is 0 Å². The van der Waals surface area contributed by atoms with Crippen LogP contribution in [0.4, 0.5) is 5.69 Å². The SMILES string of the molecule is Cc1ccc(Cn2cccc(C(=O)Nc3ccc(C)cc3C)c2=O)cc1. The summed E-state index contributed by atoms with van der Waals surface area (Å²) in [6.45, 7) is 6.39. The number of carbonyl (C=O) groups excluding carboxylic acids is 1. The molecule has 4 heteroatoms. The van der Waals surface area contributed by atoms with E-state index in [1.165, 1.54) is 5.56 Å². The van der Waals surface area contributed by atoms with E-state index in [2.05, 4.69) is 5.32 Å². The summed E-state index contributed by atoms with van der Waals surface area (Å²) < 4.78 is 1.56. The highest BCUT2D eigenvalue weighted by atomic mass is 16.2. The molecule has 0 spiro atoms. The molecule has 1 aromatic heterocycles. The fraction of sp³-hybridized carbons (Fsp3) is 0.182. The fourth-order valence-electron chi connectivity index (χ4n) is 2.87. The predicted octanol–water partition coefficient (Wildman–Crippen LogP) is 4.07. The Morgan fingerprint density at radius 3 is 2.35 bits per heavy atom. The van der Waals surface area contributed by atoms with Crippen molar-refractivity contribution in [2.45, 2.75) is 27.3 Å². The summed E-state index contributed by atoms with van der Waals surface area (Å²) in [6, 6.07) is 17.1. The van der Waals surface area contributed by atoms with Crippen molar-refractivity contribution in [3.8, 4) is 0 Å². The quantitative estimate of drug-likeness (QED) is 0.774. The van der Waals surface area contributed by atoms with Gasteiger partial charge >= 0.3 is 0 Å². The third kappa shape index (κ3) is 3.91. The van der Waals surface area contributed by atoms with Crippen molar-refractivity contribution in [3.05, 3.63) is 99.0 Å². The Balaban J connectivity index is 1.85. The van der Waals surface area contributed by atoms with E-state index >= 15 is 0 Å². The Labute approximate surface area is 153 Å². The topological polar surface area (TPSA) is 51.1 Å². The Hall–Kier alpha value is -3.14. The molecular weight excluding hydrogens is 324 g/mol. The number of aromatic nitrogens is 1. The summed E-state index contributed by atoms with van der Waals surface area (Å²) in [4.78, 5) is 25.3. The second-order valence-electron chi connectivity index (χ2n) is 6.61. The maximum absolute atomic E-state index is 12.7. The minimum atomic E-state index is -0.389. The second kappa shape index (κ2) is 7.40. The van der Waals surface area contributed by atoms with E-state index < -0.39 is 0 Å². The third-order valence-electron chi connectivity index (χ3n) is 4.37. The molecule has 1 N–H and O–H groups in total. The summed E-state index contributed by atoms with van der Waals surface area (Å²) in [6.07, 6.45) is 1.70. The van der Waals surface area contributed by atoms with Crippen LogP contribution in [0.5, 0.6) is 0 Å². The lowest BCUT2D eigenvalue weighted by atomic mass is 10.1. The Kier molecular flexibility index (Phi) is 5.03. The Bertz CT molecular complexity index is 1000. The number of nitrogens with zero attached hydrogens (tertiary/aromatic N) is 1. The standard InChI is InChI=1S/C22H22N2O2/c1-15-6-9-18(10-7-15)14-24-12-4-5-19(22(24)26)21(25)23-20-11-8-16(2)13-17(20)3/h4-13H,14H2,1-3H3,(H,23,25). The number of amides is 1. The maximum atomic E-state index is 12.7. The lowest BCUT2D eigenvalue weighted by Gasteiger charge is -2.11. The molecule has 0 radical (unpaired) electrons. The molecule has 0 aliphatic heterocycles. The van der Waals surface area contributed by atoms with Gasteiger partial charge in [0.05, 0.1) is 6.54 Å². The zero-order chi connectivity index (χ0) is 18.7.